The van der Waals surface area contributed by atoms with Crippen LogP contribution in [0, 0.1) is 25.7 Å². The van der Waals surface area contributed by atoms with Crippen molar-refractivity contribution in [1.82, 2.24) is 14.9 Å². The van der Waals surface area contributed by atoms with Crippen molar-refractivity contribution >= 4 is 30.7 Å². The summed E-state index contributed by atoms with van der Waals surface area (Å²) in [7, 11) is 0. The van der Waals surface area contributed by atoms with Gasteiger partial charge in [-0.3, -0.25) is 4.79 Å². The van der Waals surface area contributed by atoms with Gasteiger partial charge >= 0.3 is 0 Å². The maximum atomic E-state index is 13.1. The van der Waals surface area contributed by atoms with Crippen LogP contribution >= 0.6 is 24.8 Å². The zero-order chi connectivity index (χ0) is 18.3. The summed E-state index contributed by atoms with van der Waals surface area (Å²) >= 11 is 0. The Morgan fingerprint density at radius 1 is 1.18 bits per heavy atom. The number of nitrogens with one attached hydrogen (secondary N) is 1. The van der Waals surface area contributed by atoms with Crippen molar-refractivity contribution in [3.8, 4) is 5.82 Å². The summed E-state index contributed by atoms with van der Waals surface area (Å²) in [4.78, 5) is 17.5. The van der Waals surface area contributed by atoms with Crippen LogP contribution in [-0.4, -0.2) is 27.5 Å². The predicted molar refractivity (Wildman–Crippen MR) is 117 cm³/mol. The summed E-state index contributed by atoms with van der Waals surface area (Å²) in [5.41, 5.74) is 8.94. The highest BCUT2D eigenvalue weighted by Crippen LogP contribution is 2.39. The van der Waals surface area contributed by atoms with Crippen molar-refractivity contribution in [3.63, 3.8) is 0 Å². The predicted octanol–water partition coefficient (Wildman–Crippen LogP) is 3.97. The van der Waals surface area contributed by atoms with Crippen molar-refractivity contribution in [3.05, 3.63) is 47.4 Å². The van der Waals surface area contributed by atoms with E-state index in [2.05, 4.69) is 10.3 Å². The smallest absolute Gasteiger partial charge is 0.253 e. The van der Waals surface area contributed by atoms with Gasteiger partial charge in [0.05, 0.1) is 5.56 Å². The van der Waals surface area contributed by atoms with Gasteiger partial charge in [0.25, 0.3) is 5.91 Å². The number of fused-ring (bicyclic) bond motifs is 2. The Hall–Kier alpha value is -1.56. The molecule has 0 radical (unpaired) electrons. The van der Waals surface area contributed by atoms with E-state index in [0.29, 0.717) is 17.9 Å². The molecule has 7 heteroatoms. The molecule has 2 aromatic heterocycles. The van der Waals surface area contributed by atoms with Gasteiger partial charge in [0, 0.05) is 29.7 Å². The number of carbonyl (C=O) groups excluding carboxylic acids is 1. The largest absolute Gasteiger partial charge is 0.349 e. The minimum Gasteiger partial charge on any atom is -0.349 e. The maximum Gasteiger partial charge on any atom is 0.253 e. The van der Waals surface area contributed by atoms with Crippen LogP contribution in [0.15, 0.2) is 30.5 Å². The fourth-order valence-electron chi connectivity index (χ4n) is 5.09. The number of hydrogen-bond acceptors (Lipinski definition) is 3. The Morgan fingerprint density at radius 3 is 2.46 bits per heavy atom. The van der Waals surface area contributed by atoms with Crippen molar-refractivity contribution in [2.24, 2.45) is 17.6 Å². The molecule has 2 fully saturated rings. The number of halogens is 2. The van der Waals surface area contributed by atoms with Gasteiger partial charge in [-0.15, -0.1) is 24.8 Å². The van der Waals surface area contributed by atoms with E-state index in [1.54, 1.807) is 6.20 Å². The van der Waals surface area contributed by atoms with E-state index in [1.165, 1.54) is 19.3 Å². The normalized spacial score (nSPS) is 26.0. The van der Waals surface area contributed by atoms with Gasteiger partial charge in [0.15, 0.2) is 0 Å². The third kappa shape index (κ3) is 4.22. The van der Waals surface area contributed by atoms with Gasteiger partial charge in [0.1, 0.15) is 5.82 Å². The molecule has 2 bridgehead atoms. The van der Waals surface area contributed by atoms with Crippen molar-refractivity contribution < 1.29 is 4.79 Å². The molecule has 2 atom stereocenters. The first-order valence-electron chi connectivity index (χ1n) is 9.71. The van der Waals surface area contributed by atoms with E-state index < -0.39 is 0 Å². The van der Waals surface area contributed by atoms with E-state index in [1.807, 2.05) is 42.7 Å². The average Bonchev–Trinajstić information content (AvgIpc) is 2.91. The van der Waals surface area contributed by atoms with E-state index in [-0.39, 0.29) is 36.8 Å². The average molecular weight is 425 g/mol. The van der Waals surface area contributed by atoms with Gasteiger partial charge in [-0.1, -0.05) is 12.5 Å². The molecule has 0 aromatic carbocycles. The second kappa shape index (κ2) is 9.29. The Bertz CT molecular complexity index is 794. The van der Waals surface area contributed by atoms with Crippen molar-refractivity contribution in [2.75, 3.05) is 0 Å². The standard InChI is InChI=1S/C21H28N4O.2ClH/c1-13-10-18(14(2)25(13)19-8-3-4-9-23-19)21(26)24-20-15-6-5-7-16(20)12-17(22)11-15;;/h3-4,8-10,15-17,20H,5-7,11-12,22H2,1-2H3,(H,24,26);2*1H. The molecule has 4 rings (SSSR count). The van der Waals surface area contributed by atoms with E-state index in [0.717, 1.165) is 35.6 Å². The molecular weight excluding hydrogens is 395 g/mol. The molecule has 2 aliphatic rings. The second-order valence-electron chi connectivity index (χ2n) is 7.99. The second-order valence-corrected chi connectivity index (χ2v) is 7.99. The first-order valence-corrected chi connectivity index (χ1v) is 9.71. The molecule has 28 heavy (non-hydrogen) atoms. The molecular formula is C21H30Cl2N4O. The number of rotatable bonds is 3. The van der Waals surface area contributed by atoms with E-state index in [9.17, 15) is 4.79 Å². The van der Waals surface area contributed by atoms with Crippen LogP contribution < -0.4 is 11.1 Å². The number of carbonyl (C=O) groups is 1. The third-order valence-corrected chi connectivity index (χ3v) is 6.23. The van der Waals surface area contributed by atoms with E-state index >= 15 is 0 Å². The lowest BCUT2D eigenvalue weighted by Crippen LogP contribution is -2.53. The van der Waals surface area contributed by atoms with E-state index in [4.69, 9.17) is 5.73 Å². The summed E-state index contributed by atoms with van der Waals surface area (Å²) in [5, 5.41) is 3.36. The molecule has 0 aliphatic heterocycles. The summed E-state index contributed by atoms with van der Waals surface area (Å²) < 4.78 is 2.05. The van der Waals surface area contributed by atoms with Crippen LogP contribution in [0.5, 0.6) is 0 Å². The monoisotopic (exact) mass is 424 g/mol. The Balaban J connectivity index is 0.00000140. The van der Waals surface area contributed by atoms with Crippen LogP contribution in [-0.2, 0) is 0 Å². The molecule has 2 saturated carbocycles. The SMILES string of the molecule is Cc1cc(C(=O)NC2C3CCCC2CC(N)C3)c(C)n1-c1ccccn1.Cl.Cl. The highest BCUT2D eigenvalue weighted by Gasteiger charge is 2.40. The van der Waals surface area contributed by atoms with Crippen LogP contribution in [0.2, 0.25) is 0 Å². The zero-order valence-electron chi connectivity index (χ0n) is 16.4. The fourth-order valence-corrected chi connectivity index (χ4v) is 5.09. The van der Waals surface area contributed by atoms with Crippen LogP contribution in [0.4, 0.5) is 0 Å². The lowest BCUT2D eigenvalue weighted by Gasteiger charge is -2.45. The number of amides is 1. The summed E-state index contributed by atoms with van der Waals surface area (Å²) in [5.74, 6) is 1.95. The molecule has 1 amide bonds. The van der Waals surface area contributed by atoms with Crippen molar-refractivity contribution in [1.29, 1.82) is 0 Å². The molecule has 0 spiro atoms. The van der Waals surface area contributed by atoms with Gasteiger partial charge in [-0.05, 0) is 69.6 Å². The van der Waals surface area contributed by atoms with Gasteiger partial charge in [-0.2, -0.15) is 0 Å². The third-order valence-electron chi connectivity index (χ3n) is 6.23. The molecule has 2 aliphatic carbocycles. The first kappa shape index (κ1) is 22.7. The summed E-state index contributed by atoms with van der Waals surface area (Å²) in [6.45, 7) is 4.01. The van der Waals surface area contributed by atoms with Gasteiger partial charge in [0.2, 0.25) is 0 Å². The zero-order valence-corrected chi connectivity index (χ0v) is 18.1. The number of aromatic nitrogens is 2. The Morgan fingerprint density at radius 2 is 1.86 bits per heavy atom. The molecule has 2 heterocycles. The van der Waals surface area contributed by atoms with Gasteiger partial charge < -0.3 is 15.6 Å². The van der Waals surface area contributed by atoms with Gasteiger partial charge in [-0.25, -0.2) is 4.98 Å². The number of nitrogens with two attached hydrogens (primary N) is 1. The fraction of sp³-hybridized carbons (Fsp3) is 0.524. The van der Waals surface area contributed by atoms with Crippen molar-refractivity contribution in [2.45, 2.75) is 58.0 Å². The van der Waals surface area contributed by atoms with Crippen LogP contribution in [0.3, 0.4) is 0 Å². The molecule has 0 saturated heterocycles. The highest BCUT2D eigenvalue weighted by atomic mass is 35.5. The number of aryl methyl sites for hydroxylation is 1. The first-order chi connectivity index (χ1) is 12.5. The lowest BCUT2D eigenvalue weighted by molar-refractivity contribution is 0.0755. The molecule has 154 valence electrons. The highest BCUT2D eigenvalue weighted by molar-refractivity contribution is 5.96. The summed E-state index contributed by atoms with van der Waals surface area (Å²) in [6, 6.07) is 8.38. The van der Waals surface area contributed by atoms with Crippen LogP contribution in [0.25, 0.3) is 5.82 Å². The molecule has 5 nitrogen and oxygen atoms in total. The summed E-state index contributed by atoms with van der Waals surface area (Å²) in [6.07, 6.45) is 7.48. The Labute approximate surface area is 179 Å². The minimum atomic E-state index is 0. The molecule has 3 N–H and O–H groups in total. The number of hydrogen-bond donors (Lipinski definition) is 2. The molecule has 2 unspecified atom stereocenters. The topological polar surface area (TPSA) is 72.9 Å². The Kier molecular flexibility index (Phi) is 7.54. The van der Waals surface area contributed by atoms with Crippen LogP contribution in [0.1, 0.15) is 53.8 Å². The lowest BCUT2D eigenvalue weighted by atomic mass is 9.67. The minimum absolute atomic E-state index is 0. The number of nitrogens with zero attached hydrogens (tertiary/aromatic N) is 2. The quantitative estimate of drug-likeness (QED) is 0.782. The number of pyridine rings is 1. The maximum absolute atomic E-state index is 13.1. The molecule has 2 aromatic rings.